The Hall–Kier alpha value is -5.01. The number of aromatic amines is 1. The molecule has 0 spiro atoms. The van der Waals surface area contributed by atoms with Gasteiger partial charge in [0.2, 0.25) is 17.6 Å². The van der Waals surface area contributed by atoms with Crippen LogP contribution in [0.3, 0.4) is 0 Å². The number of alkyl carbamates (subject to hydrolysis) is 1. The Kier molecular flexibility index (Phi) is 13.5. The molecule has 3 rings (SSSR count). The summed E-state index contributed by atoms with van der Waals surface area (Å²) in [5, 5.41) is 31.4. The van der Waals surface area contributed by atoms with Gasteiger partial charge in [-0.25, -0.2) is 9.59 Å². The van der Waals surface area contributed by atoms with Crippen molar-refractivity contribution in [3.8, 4) is 17.1 Å². The molecule has 0 saturated heterocycles. The monoisotopic (exact) mass is 637 g/mol. The molecule has 0 bridgehead atoms. The number of hydrogen-bond donors (Lipinski definition) is 5. The first-order valence-electron chi connectivity index (χ1n) is 15.3. The number of H-pyrrole nitrogens is 1. The molecule has 0 aliphatic heterocycles. The quantitative estimate of drug-likeness (QED) is 0.137. The van der Waals surface area contributed by atoms with E-state index in [4.69, 9.17) is 14.6 Å². The number of aliphatic carboxylic acids is 1. The van der Waals surface area contributed by atoms with Crippen LogP contribution in [0.5, 0.6) is 5.75 Å². The second-order valence-corrected chi connectivity index (χ2v) is 11.8. The van der Waals surface area contributed by atoms with Gasteiger partial charge in [0.25, 0.3) is 0 Å². The number of hydrogen-bond acceptors (Lipinski definition) is 9. The Morgan fingerprint density at radius 1 is 0.913 bits per heavy atom. The molecule has 0 radical (unpaired) electrons. The fourth-order valence-electron chi connectivity index (χ4n) is 4.53. The van der Waals surface area contributed by atoms with E-state index in [1.54, 1.807) is 39.0 Å². The molecule has 2 atom stereocenters. The third-order valence-corrected chi connectivity index (χ3v) is 6.67. The summed E-state index contributed by atoms with van der Waals surface area (Å²) in [6.45, 7) is 7.12. The van der Waals surface area contributed by atoms with Crippen LogP contribution in [0.4, 0.5) is 4.79 Å². The van der Waals surface area contributed by atoms with E-state index in [1.165, 1.54) is 0 Å². The summed E-state index contributed by atoms with van der Waals surface area (Å²) in [6.07, 6.45) is 3.29. The third-order valence-electron chi connectivity index (χ3n) is 6.67. The lowest BCUT2D eigenvalue weighted by atomic mass is 10.00. The van der Waals surface area contributed by atoms with Crippen LogP contribution in [0.15, 0.2) is 48.5 Å². The Morgan fingerprint density at radius 3 is 2.28 bits per heavy atom. The number of carboxylic acid groups (broad SMARTS) is 1. The smallest absolute Gasteiger partial charge is 0.408 e. The van der Waals surface area contributed by atoms with Gasteiger partial charge in [0.15, 0.2) is 6.61 Å². The highest BCUT2D eigenvalue weighted by Crippen LogP contribution is 2.29. The SMILES string of the molecule is CCCCCCNC(=O)[C@H](Cc1ccc(OCC(=O)O)c(-c2nn[nH]n2)c1)NC(=O)[C@H](Cc1ccccc1)NC(=O)OC(C)(C)C. The van der Waals surface area contributed by atoms with E-state index in [0.717, 1.165) is 31.2 Å². The van der Waals surface area contributed by atoms with Gasteiger partial charge in [0, 0.05) is 19.4 Å². The molecule has 5 N–H and O–H groups in total. The van der Waals surface area contributed by atoms with Gasteiger partial charge in [0.1, 0.15) is 23.4 Å². The number of nitrogens with zero attached hydrogens (tertiary/aromatic N) is 3. The van der Waals surface area contributed by atoms with E-state index in [9.17, 15) is 19.2 Å². The lowest BCUT2D eigenvalue weighted by Crippen LogP contribution is -2.55. The Balaban J connectivity index is 1.88. The topological polar surface area (TPSA) is 198 Å². The van der Waals surface area contributed by atoms with Gasteiger partial charge in [0.05, 0.1) is 5.56 Å². The molecule has 0 aliphatic rings. The number of benzene rings is 2. The number of carboxylic acids is 1. The van der Waals surface area contributed by atoms with E-state index in [0.29, 0.717) is 17.7 Å². The normalized spacial score (nSPS) is 12.4. The lowest BCUT2D eigenvalue weighted by molar-refractivity contribution is -0.139. The van der Waals surface area contributed by atoms with Crippen LogP contribution in [0, 0.1) is 0 Å². The molecule has 14 nitrogen and oxygen atoms in total. The minimum Gasteiger partial charge on any atom is -0.481 e. The second-order valence-electron chi connectivity index (χ2n) is 11.8. The van der Waals surface area contributed by atoms with Crippen molar-refractivity contribution in [2.45, 2.75) is 83.9 Å². The summed E-state index contributed by atoms with van der Waals surface area (Å²) in [7, 11) is 0. The van der Waals surface area contributed by atoms with Crippen LogP contribution < -0.4 is 20.7 Å². The Bertz CT molecular complexity index is 1430. The van der Waals surface area contributed by atoms with Crippen molar-refractivity contribution in [2.75, 3.05) is 13.2 Å². The summed E-state index contributed by atoms with van der Waals surface area (Å²) >= 11 is 0. The first-order valence-corrected chi connectivity index (χ1v) is 15.3. The highest BCUT2D eigenvalue weighted by atomic mass is 16.6. The van der Waals surface area contributed by atoms with Crippen molar-refractivity contribution in [3.05, 3.63) is 59.7 Å². The standard InChI is InChI=1S/C32H43N7O7/c1-5-6-7-11-16-33-29(42)24(19-22-14-15-26(45-20-27(40)41)23(17-22)28-36-38-39-37-28)34-30(43)25(18-21-12-9-8-10-13-21)35-31(44)46-32(2,3)4/h8-10,12-15,17,24-25H,5-7,11,16,18-20H2,1-4H3,(H,33,42)(H,34,43)(H,35,44)(H,40,41)(H,36,37,38,39)/t24-,25-/m0/s1. The zero-order chi connectivity index (χ0) is 33.5. The summed E-state index contributed by atoms with van der Waals surface area (Å²) in [5.41, 5.74) is 0.978. The maximum absolute atomic E-state index is 13.8. The lowest BCUT2D eigenvalue weighted by Gasteiger charge is -2.25. The van der Waals surface area contributed by atoms with Crippen LogP contribution in [0.25, 0.3) is 11.4 Å². The predicted molar refractivity (Wildman–Crippen MR) is 169 cm³/mol. The molecule has 3 amide bonds. The zero-order valence-electron chi connectivity index (χ0n) is 26.7. The van der Waals surface area contributed by atoms with Gasteiger partial charge in [-0.3, -0.25) is 9.59 Å². The van der Waals surface area contributed by atoms with Crippen molar-refractivity contribution in [3.63, 3.8) is 0 Å². The van der Waals surface area contributed by atoms with Gasteiger partial charge in [-0.1, -0.05) is 62.6 Å². The molecule has 0 fully saturated rings. The average molecular weight is 638 g/mol. The third kappa shape index (κ3) is 12.2. The number of aromatic nitrogens is 4. The van der Waals surface area contributed by atoms with Crippen LogP contribution in [0.2, 0.25) is 0 Å². The first-order chi connectivity index (χ1) is 21.9. The minimum atomic E-state index is -1.16. The molecule has 14 heteroatoms. The Labute approximate surface area is 268 Å². The van der Waals surface area contributed by atoms with Gasteiger partial charge in [-0.15, -0.1) is 10.2 Å². The molecule has 0 saturated carbocycles. The molecule has 1 heterocycles. The van der Waals surface area contributed by atoms with Crippen LogP contribution in [-0.4, -0.2) is 80.4 Å². The molecular weight excluding hydrogens is 594 g/mol. The minimum absolute atomic E-state index is 0.0566. The van der Waals surface area contributed by atoms with Gasteiger partial charge < -0.3 is 30.5 Å². The molecule has 2 aromatic carbocycles. The molecular formula is C32H43N7O7. The maximum Gasteiger partial charge on any atom is 0.408 e. The fraction of sp³-hybridized carbons (Fsp3) is 0.469. The van der Waals surface area contributed by atoms with Gasteiger partial charge >= 0.3 is 12.1 Å². The van der Waals surface area contributed by atoms with Crippen molar-refractivity contribution in [1.82, 2.24) is 36.6 Å². The summed E-state index contributed by atoms with van der Waals surface area (Å²) < 4.78 is 10.8. The molecule has 248 valence electrons. The summed E-state index contributed by atoms with van der Waals surface area (Å²) in [5.74, 6) is -1.76. The van der Waals surface area contributed by atoms with E-state index < -0.39 is 48.2 Å². The molecule has 46 heavy (non-hydrogen) atoms. The van der Waals surface area contributed by atoms with Crippen LogP contribution >= 0.6 is 0 Å². The van der Waals surface area contributed by atoms with Crippen molar-refractivity contribution >= 4 is 23.9 Å². The van der Waals surface area contributed by atoms with E-state index >= 15 is 0 Å². The second kappa shape index (κ2) is 17.5. The van der Waals surface area contributed by atoms with Gasteiger partial charge in [-0.05, 0) is 55.7 Å². The van der Waals surface area contributed by atoms with Crippen molar-refractivity contribution < 1.29 is 33.8 Å². The molecule has 3 aromatic rings. The first kappa shape index (κ1) is 35.5. The number of rotatable bonds is 17. The van der Waals surface area contributed by atoms with E-state index in [2.05, 4.69) is 43.5 Å². The molecule has 1 aromatic heterocycles. The van der Waals surface area contributed by atoms with Crippen molar-refractivity contribution in [1.29, 1.82) is 0 Å². The van der Waals surface area contributed by atoms with Gasteiger partial charge in [-0.2, -0.15) is 5.21 Å². The number of tetrazole rings is 1. The van der Waals surface area contributed by atoms with E-state index in [1.807, 2.05) is 30.3 Å². The number of carbonyl (C=O) groups excluding carboxylic acids is 3. The maximum atomic E-state index is 13.8. The Morgan fingerprint density at radius 2 is 1.63 bits per heavy atom. The molecule has 0 aliphatic carbocycles. The van der Waals surface area contributed by atoms with Crippen LogP contribution in [-0.2, 0) is 32.0 Å². The highest BCUT2D eigenvalue weighted by Gasteiger charge is 2.29. The number of carbonyl (C=O) groups is 4. The largest absolute Gasteiger partial charge is 0.481 e. The molecule has 0 unspecified atom stereocenters. The summed E-state index contributed by atoms with van der Waals surface area (Å²) in [6, 6.07) is 12.0. The van der Waals surface area contributed by atoms with Crippen molar-refractivity contribution in [2.24, 2.45) is 0 Å². The zero-order valence-corrected chi connectivity index (χ0v) is 26.7. The number of amides is 3. The number of ether oxygens (including phenoxy) is 2. The highest BCUT2D eigenvalue weighted by molar-refractivity contribution is 5.91. The average Bonchev–Trinajstić information content (AvgIpc) is 3.54. The van der Waals surface area contributed by atoms with E-state index in [-0.39, 0.29) is 24.4 Å². The predicted octanol–water partition coefficient (Wildman–Crippen LogP) is 3.19. The number of nitrogens with one attached hydrogen (secondary N) is 4. The fourth-order valence-corrected chi connectivity index (χ4v) is 4.53. The number of unbranched alkanes of at least 4 members (excludes halogenated alkanes) is 3. The summed E-state index contributed by atoms with van der Waals surface area (Å²) in [4.78, 5) is 51.1. The van der Waals surface area contributed by atoms with Crippen LogP contribution in [0.1, 0.15) is 64.5 Å².